The maximum absolute atomic E-state index is 14.9. The molecule has 274 valence electrons. The summed E-state index contributed by atoms with van der Waals surface area (Å²) in [5.74, 6) is 1.07. The SMILES string of the molecule is CO[C@H]1/C=C/C[C@H](C)C[S@@](=O)(Nc2nc(Cl)nc3nn(C)cc23)=NC(=O)c2ccc3c(c2)N(C[C@@H]2CC[C@H]21)C[C@@]1(CCCc2cc(Cl)ccc21)CO3. The number of aromatic nitrogens is 4. The Morgan fingerprint density at radius 3 is 2.81 bits per heavy atom. The number of rotatable bonds is 3. The van der Waals surface area contributed by atoms with Crippen molar-refractivity contribution in [1.82, 2.24) is 19.7 Å². The highest BCUT2D eigenvalue weighted by atomic mass is 35.5. The van der Waals surface area contributed by atoms with Gasteiger partial charge in [-0.2, -0.15) is 15.1 Å². The minimum atomic E-state index is -3.43. The first kappa shape index (κ1) is 35.3. The first-order chi connectivity index (χ1) is 25.0. The average molecular weight is 765 g/mol. The Morgan fingerprint density at radius 2 is 2.00 bits per heavy atom. The van der Waals surface area contributed by atoms with E-state index in [9.17, 15) is 9.00 Å². The largest absolute Gasteiger partial charge is 0.490 e. The maximum Gasteiger partial charge on any atom is 0.286 e. The number of aryl methyl sites for hydroxylation is 2. The standard InChI is InChI=1S/C38H43Cl2N7O4S/c1-23-6-4-8-32(50-3)28-12-9-26(28)18-47-21-38(15-5-7-24-16-27(39)11-13-30(24)38)22-51-33-14-10-25(17-31(33)47)36(48)45-52(49,20-23)44-35-29-19-46(2)43-34(29)41-37(40)42-35/h4,8,10-11,13-14,16-17,19,23,26,28,32H,5-7,9,12,15,18,20-22H2,1-3H3,(H,41,42,43,44,45,48,49)/b8-4+/t23-,26-,28+,32-,38-,52+/m0/s1. The highest BCUT2D eigenvalue weighted by molar-refractivity contribution is 7.95. The maximum atomic E-state index is 14.9. The molecule has 2 aromatic heterocycles. The van der Waals surface area contributed by atoms with Crippen LogP contribution < -0.4 is 14.4 Å². The number of hydrogen-bond donors (Lipinski definition) is 1. The zero-order chi connectivity index (χ0) is 36.2. The van der Waals surface area contributed by atoms with Crippen molar-refractivity contribution >= 4 is 61.6 Å². The van der Waals surface area contributed by atoms with Crippen molar-refractivity contribution in [3.05, 3.63) is 81.7 Å². The van der Waals surface area contributed by atoms with Gasteiger partial charge in [-0.3, -0.25) is 14.2 Å². The van der Waals surface area contributed by atoms with Gasteiger partial charge in [0.2, 0.25) is 5.28 Å². The molecular formula is C38H43Cl2N7O4S. The van der Waals surface area contributed by atoms with Gasteiger partial charge in [0.25, 0.3) is 5.91 Å². The molecule has 1 N–H and O–H groups in total. The Labute approximate surface area is 314 Å². The number of fused-ring (bicyclic) bond motifs is 5. The molecule has 11 nitrogen and oxygen atoms in total. The number of hydrogen-bond acceptors (Lipinski definition) is 8. The lowest BCUT2D eigenvalue weighted by molar-refractivity contribution is 0.0131. The molecule has 1 fully saturated rings. The van der Waals surface area contributed by atoms with E-state index in [4.69, 9.17) is 32.7 Å². The van der Waals surface area contributed by atoms with Gasteiger partial charge in [0.05, 0.1) is 29.5 Å². The summed E-state index contributed by atoms with van der Waals surface area (Å²) in [6, 6.07) is 11.7. The number of benzene rings is 2. The molecule has 4 aliphatic rings. The Hall–Kier alpha value is -3.71. The van der Waals surface area contributed by atoms with Crippen molar-refractivity contribution < 1.29 is 18.5 Å². The molecule has 14 heteroatoms. The minimum absolute atomic E-state index is 0.0461. The van der Waals surface area contributed by atoms with Crippen molar-refractivity contribution in [3.8, 4) is 5.75 Å². The van der Waals surface area contributed by atoms with E-state index in [0.29, 0.717) is 41.5 Å². The van der Waals surface area contributed by atoms with Crippen LogP contribution in [0.25, 0.3) is 11.0 Å². The van der Waals surface area contributed by atoms with Crippen molar-refractivity contribution in [3.63, 3.8) is 0 Å². The average Bonchev–Trinajstić information content (AvgIpc) is 3.39. The molecule has 4 aromatic rings. The zero-order valence-corrected chi connectivity index (χ0v) is 31.9. The fourth-order valence-corrected chi connectivity index (χ4v) is 10.9. The van der Waals surface area contributed by atoms with Gasteiger partial charge in [-0.1, -0.05) is 36.7 Å². The number of methoxy groups -OCH3 is 1. The molecule has 0 saturated heterocycles. The zero-order valence-electron chi connectivity index (χ0n) is 29.6. The molecule has 2 aliphatic carbocycles. The lowest BCUT2D eigenvalue weighted by Gasteiger charge is -2.46. The third-order valence-corrected chi connectivity index (χ3v) is 13.6. The van der Waals surface area contributed by atoms with Crippen LogP contribution >= 0.6 is 23.2 Å². The smallest absolute Gasteiger partial charge is 0.286 e. The number of allylic oxidation sites excluding steroid dienone is 1. The van der Waals surface area contributed by atoms with Gasteiger partial charge in [0.15, 0.2) is 11.5 Å². The summed E-state index contributed by atoms with van der Waals surface area (Å²) in [6.07, 6.45) is 11.7. The van der Waals surface area contributed by atoms with E-state index in [2.05, 4.69) is 53.3 Å². The first-order valence-electron chi connectivity index (χ1n) is 18.0. The third kappa shape index (κ3) is 6.79. The molecule has 2 aromatic carbocycles. The molecule has 52 heavy (non-hydrogen) atoms. The number of carbonyl (C=O) groups is 1. The molecule has 8 rings (SSSR count). The number of nitrogens with zero attached hydrogens (tertiary/aromatic N) is 6. The molecule has 1 amide bonds. The van der Waals surface area contributed by atoms with Gasteiger partial charge in [0, 0.05) is 49.4 Å². The first-order valence-corrected chi connectivity index (χ1v) is 20.4. The Kier molecular flexibility index (Phi) is 9.46. The summed E-state index contributed by atoms with van der Waals surface area (Å²) >= 11 is 12.7. The Balaban J connectivity index is 1.23. The second-order valence-electron chi connectivity index (χ2n) is 14.9. The van der Waals surface area contributed by atoms with E-state index in [1.165, 1.54) is 11.1 Å². The van der Waals surface area contributed by atoms with Crippen LogP contribution in [-0.2, 0) is 33.5 Å². The van der Waals surface area contributed by atoms with E-state index >= 15 is 0 Å². The quantitative estimate of drug-likeness (QED) is 0.169. The van der Waals surface area contributed by atoms with Crippen LogP contribution in [0.4, 0.5) is 11.5 Å². The van der Waals surface area contributed by atoms with Crippen LogP contribution in [-0.4, -0.2) is 68.5 Å². The van der Waals surface area contributed by atoms with Crippen LogP contribution in [0, 0.1) is 17.8 Å². The summed E-state index contributed by atoms with van der Waals surface area (Å²) in [5.41, 5.74) is 3.82. The van der Waals surface area contributed by atoms with Crippen molar-refractivity contribution in [1.29, 1.82) is 0 Å². The molecule has 2 aliphatic heterocycles. The number of nitrogens with one attached hydrogen (secondary N) is 1. The summed E-state index contributed by atoms with van der Waals surface area (Å²) in [5, 5.41) is 5.55. The second kappa shape index (κ2) is 13.9. The van der Waals surface area contributed by atoms with Crippen molar-refractivity contribution in [2.45, 2.75) is 57.0 Å². The lowest BCUT2D eigenvalue weighted by atomic mass is 9.68. The van der Waals surface area contributed by atoms with E-state index < -0.39 is 15.8 Å². The predicted octanol–water partition coefficient (Wildman–Crippen LogP) is 7.42. The van der Waals surface area contributed by atoms with Crippen molar-refractivity contribution in [2.24, 2.45) is 29.2 Å². The van der Waals surface area contributed by atoms with E-state index in [0.717, 1.165) is 61.7 Å². The lowest BCUT2D eigenvalue weighted by Crippen LogP contribution is -2.49. The molecule has 0 radical (unpaired) electrons. The van der Waals surface area contributed by atoms with Gasteiger partial charge < -0.3 is 14.4 Å². The summed E-state index contributed by atoms with van der Waals surface area (Å²) in [4.78, 5) is 25.1. The van der Waals surface area contributed by atoms with E-state index in [1.807, 2.05) is 25.1 Å². The fourth-order valence-electron chi connectivity index (χ4n) is 8.59. The van der Waals surface area contributed by atoms with Crippen LogP contribution in [0.2, 0.25) is 10.3 Å². The van der Waals surface area contributed by atoms with Gasteiger partial charge in [-0.25, -0.2) is 4.21 Å². The van der Waals surface area contributed by atoms with Crippen LogP contribution in [0.5, 0.6) is 5.75 Å². The molecular weight excluding hydrogens is 721 g/mol. The fraction of sp³-hybridized carbons (Fsp3) is 0.474. The third-order valence-electron chi connectivity index (χ3n) is 11.2. The highest BCUT2D eigenvalue weighted by Gasteiger charge is 2.44. The normalized spacial score (nSPS) is 29.6. The number of anilines is 2. The summed E-state index contributed by atoms with van der Waals surface area (Å²) in [6.45, 7) is 4.03. The number of ether oxygens (including phenoxy) is 2. The molecule has 4 heterocycles. The number of halogens is 2. The van der Waals surface area contributed by atoms with Crippen LogP contribution in [0.1, 0.15) is 60.5 Å². The van der Waals surface area contributed by atoms with Gasteiger partial charge in [0.1, 0.15) is 15.7 Å². The molecule has 1 saturated carbocycles. The second-order valence-corrected chi connectivity index (χ2v) is 17.7. The molecule has 2 bridgehead atoms. The number of carbonyl (C=O) groups excluding carboxylic acids is 1. The topological polar surface area (TPSA) is 124 Å². The molecule has 6 atom stereocenters. The summed E-state index contributed by atoms with van der Waals surface area (Å²) in [7, 11) is 0.104. The van der Waals surface area contributed by atoms with Gasteiger partial charge >= 0.3 is 0 Å². The van der Waals surface area contributed by atoms with Gasteiger partial charge in [-0.15, -0.1) is 4.36 Å². The van der Waals surface area contributed by atoms with Gasteiger partial charge in [-0.05, 0) is 109 Å². The van der Waals surface area contributed by atoms with Crippen molar-refractivity contribution in [2.75, 3.05) is 42.2 Å². The minimum Gasteiger partial charge on any atom is -0.490 e. The van der Waals surface area contributed by atoms with E-state index in [-0.39, 0.29) is 34.3 Å². The molecule has 0 unspecified atom stereocenters. The Morgan fingerprint density at radius 1 is 1.13 bits per heavy atom. The van der Waals surface area contributed by atoms with Crippen LogP contribution in [0.3, 0.4) is 0 Å². The van der Waals surface area contributed by atoms with E-state index in [1.54, 1.807) is 31.1 Å². The number of amides is 1. The monoisotopic (exact) mass is 763 g/mol. The Bertz CT molecular complexity index is 2200. The molecule has 1 spiro atoms. The van der Waals surface area contributed by atoms with Crippen LogP contribution in [0.15, 0.2) is 59.1 Å². The summed E-state index contributed by atoms with van der Waals surface area (Å²) < 4.78 is 36.7. The predicted molar refractivity (Wildman–Crippen MR) is 205 cm³/mol. The highest BCUT2D eigenvalue weighted by Crippen LogP contribution is 2.47.